The summed E-state index contributed by atoms with van der Waals surface area (Å²) in [6.07, 6.45) is 27.0. The molecule has 0 amide bonds. The van der Waals surface area contributed by atoms with Crippen molar-refractivity contribution in [1.82, 2.24) is 4.90 Å². The molecule has 0 spiro atoms. The van der Waals surface area contributed by atoms with Gasteiger partial charge < -0.3 is 10.4 Å². The summed E-state index contributed by atoms with van der Waals surface area (Å²) in [6, 6.07) is 8.87. The zero-order valence-electron chi connectivity index (χ0n) is 22.8. The zero-order valence-corrected chi connectivity index (χ0v) is 22.8. The van der Waals surface area contributed by atoms with E-state index in [9.17, 15) is 0 Å². The summed E-state index contributed by atoms with van der Waals surface area (Å²) in [5.74, 6) is 0. The Hall–Kier alpha value is -0.860. The van der Waals surface area contributed by atoms with Crippen LogP contribution in [-0.4, -0.2) is 30.0 Å². The van der Waals surface area contributed by atoms with Gasteiger partial charge in [0.25, 0.3) is 0 Å². The Morgan fingerprint density at radius 3 is 1.33 bits per heavy atom. The fraction of sp³-hybridized carbons (Fsp3) is 0.806. The van der Waals surface area contributed by atoms with Crippen molar-refractivity contribution in [3.63, 3.8) is 0 Å². The minimum absolute atomic E-state index is 0. The van der Waals surface area contributed by atoms with E-state index in [0.717, 1.165) is 0 Å². The van der Waals surface area contributed by atoms with E-state index in [2.05, 4.69) is 49.9 Å². The Kier molecular flexibility index (Phi) is 23.6. The predicted molar refractivity (Wildman–Crippen MR) is 149 cm³/mol. The van der Waals surface area contributed by atoms with Crippen molar-refractivity contribution in [2.75, 3.05) is 19.6 Å². The van der Waals surface area contributed by atoms with Crippen LogP contribution in [0.5, 0.6) is 0 Å². The third-order valence-corrected chi connectivity index (χ3v) is 7.01. The lowest BCUT2D eigenvalue weighted by atomic mass is 10.0. The molecule has 0 heterocycles. The zero-order chi connectivity index (χ0) is 23.1. The molecule has 1 rings (SSSR count). The van der Waals surface area contributed by atoms with Crippen molar-refractivity contribution in [1.29, 1.82) is 0 Å². The van der Waals surface area contributed by atoms with Gasteiger partial charge in [-0.15, -0.1) is 0 Å². The van der Waals surface area contributed by atoms with E-state index in [1.165, 1.54) is 147 Å². The summed E-state index contributed by atoms with van der Waals surface area (Å²) in [7, 11) is 0. The molecule has 0 fully saturated rings. The summed E-state index contributed by atoms with van der Waals surface area (Å²) < 4.78 is 0. The summed E-state index contributed by atoms with van der Waals surface area (Å²) in [4.78, 5) is 2.66. The molecule has 0 aliphatic carbocycles. The van der Waals surface area contributed by atoms with Crippen molar-refractivity contribution in [3.05, 3.63) is 35.4 Å². The first-order valence-electron chi connectivity index (χ1n) is 14.5. The van der Waals surface area contributed by atoms with Crippen LogP contribution in [0.4, 0.5) is 0 Å². The van der Waals surface area contributed by atoms with Crippen LogP contribution < -0.4 is 0 Å². The Morgan fingerprint density at radius 2 is 0.909 bits per heavy atom. The second-order valence-electron chi connectivity index (χ2n) is 10.2. The maximum Gasteiger partial charge on any atom is -0.00187 e. The molecule has 2 N–H and O–H groups in total. The molecule has 0 saturated heterocycles. The molecule has 0 atom stereocenters. The molecule has 0 radical (unpaired) electrons. The van der Waals surface area contributed by atoms with Gasteiger partial charge in [-0.1, -0.05) is 128 Å². The third kappa shape index (κ3) is 19.2. The van der Waals surface area contributed by atoms with Crippen LogP contribution >= 0.6 is 0 Å². The number of rotatable bonds is 23. The SMILES string of the molecule is CCCN(CCC)CCCCCCCCCCCCCCCCCCc1ccccc1C.O. The van der Waals surface area contributed by atoms with Crippen LogP contribution in [-0.2, 0) is 6.42 Å². The Labute approximate surface area is 208 Å². The molecule has 2 heteroatoms. The minimum Gasteiger partial charge on any atom is -0.412 e. The molecule has 194 valence electrons. The quantitative estimate of drug-likeness (QED) is 0.150. The Balaban J connectivity index is 0.0000102. The molecule has 0 saturated carbocycles. The second-order valence-corrected chi connectivity index (χ2v) is 10.2. The average Bonchev–Trinajstić information content (AvgIpc) is 2.79. The van der Waals surface area contributed by atoms with E-state index in [-0.39, 0.29) is 5.48 Å². The maximum absolute atomic E-state index is 2.66. The number of nitrogens with zero attached hydrogens (tertiary/aromatic N) is 1. The molecule has 0 bridgehead atoms. The summed E-state index contributed by atoms with van der Waals surface area (Å²) in [5.41, 5.74) is 3.01. The average molecular weight is 462 g/mol. The van der Waals surface area contributed by atoms with Crippen LogP contribution in [0.25, 0.3) is 0 Å². The fourth-order valence-electron chi connectivity index (χ4n) is 4.98. The molecule has 1 aromatic rings. The predicted octanol–water partition coefficient (Wildman–Crippen LogP) is 9.08. The van der Waals surface area contributed by atoms with Gasteiger partial charge in [0.05, 0.1) is 0 Å². The van der Waals surface area contributed by atoms with Crippen LogP contribution in [0.15, 0.2) is 24.3 Å². The molecule has 0 unspecified atom stereocenters. The molecule has 0 aliphatic rings. The first-order valence-corrected chi connectivity index (χ1v) is 14.5. The number of hydrogen-bond acceptors (Lipinski definition) is 1. The van der Waals surface area contributed by atoms with Crippen molar-refractivity contribution >= 4 is 0 Å². The topological polar surface area (TPSA) is 34.7 Å². The van der Waals surface area contributed by atoms with E-state index in [4.69, 9.17) is 0 Å². The first kappa shape index (κ1) is 32.1. The summed E-state index contributed by atoms with van der Waals surface area (Å²) in [6.45, 7) is 10.8. The van der Waals surface area contributed by atoms with Gasteiger partial charge in [0.2, 0.25) is 0 Å². The van der Waals surface area contributed by atoms with E-state index < -0.39 is 0 Å². The van der Waals surface area contributed by atoms with Crippen LogP contribution in [0, 0.1) is 6.92 Å². The molecular formula is C31H59NO. The van der Waals surface area contributed by atoms with Gasteiger partial charge in [0.1, 0.15) is 0 Å². The monoisotopic (exact) mass is 461 g/mol. The number of hydrogen-bond donors (Lipinski definition) is 0. The van der Waals surface area contributed by atoms with Gasteiger partial charge in [0, 0.05) is 0 Å². The first-order chi connectivity index (χ1) is 15.8. The summed E-state index contributed by atoms with van der Waals surface area (Å²) >= 11 is 0. The van der Waals surface area contributed by atoms with E-state index in [1.807, 2.05) is 0 Å². The summed E-state index contributed by atoms with van der Waals surface area (Å²) in [5, 5.41) is 0. The highest BCUT2D eigenvalue weighted by Crippen LogP contribution is 2.15. The van der Waals surface area contributed by atoms with E-state index >= 15 is 0 Å². The highest BCUT2D eigenvalue weighted by molar-refractivity contribution is 5.25. The van der Waals surface area contributed by atoms with E-state index in [1.54, 1.807) is 5.56 Å². The highest BCUT2D eigenvalue weighted by Gasteiger charge is 2.02. The van der Waals surface area contributed by atoms with Crippen molar-refractivity contribution in [2.45, 2.75) is 143 Å². The number of aryl methyl sites for hydroxylation is 2. The van der Waals surface area contributed by atoms with Crippen molar-refractivity contribution < 1.29 is 5.48 Å². The lowest BCUT2D eigenvalue weighted by molar-refractivity contribution is 0.267. The van der Waals surface area contributed by atoms with Crippen molar-refractivity contribution in [2.24, 2.45) is 0 Å². The standard InChI is InChI=1S/C31H57N.H2O/c1-4-27-32(28-5-2)29-23-19-17-15-13-11-9-7-6-8-10-12-14-16-18-20-25-31-26-22-21-24-30(31)3;/h21-22,24,26H,4-20,23,25,27-29H2,1-3H3;1H2. The highest BCUT2D eigenvalue weighted by atomic mass is 16.0. The molecule has 0 aromatic heterocycles. The Morgan fingerprint density at radius 1 is 0.515 bits per heavy atom. The van der Waals surface area contributed by atoms with E-state index in [0.29, 0.717) is 0 Å². The Bertz CT molecular complexity index is 509. The van der Waals surface area contributed by atoms with Gasteiger partial charge in [-0.3, -0.25) is 0 Å². The van der Waals surface area contributed by atoms with Crippen LogP contribution in [0.3, 0.4) is 0 Å². The molecular weight excluding hydrogens is 402 g/mol. The lowest BCUT2D eigenvalue weighted by Crippen LogP contribution is -2.26. The van der Waals surface area contributed by atoms with Gasteiger partial charge in [-0.05, 0) is 69.8 Å². The molecule has 33 heavy (non-hydrogen) atoms. The second kappa shape index (κ2) is 24.3. The normalized spacial score (nSPS) is 11.2. The van der Waals surface area contributed by atoms with Gasteiger partial charge in [-0.25, -0.2) is 0 Å². The van der Waals surface area contributed by atoms with Crippen LogP contribution in [0.2, 0.25) is 0 Å². The smallest absolute Gasteiger partial charge is 0.00187 e. The number of benzene rings is 1. The van der Waals surface area contributed by atoms with Gasteiger partial charge in [-0.2, -0.15) is 0 Å². The van der Waals surface area contributed by atoms with Gasteiger partial charge in [0.15, 0.2) is 0 Å². The maximum atomic E-state index is 2.66. The lowest BCUT2D eigenvalue weighted by Gasteiger charge is -2.20. The fourth-order valence-corrected chi connectivity index (χ4v) is 4.98. The third-order valence-electron chi connectivity index (χ3n) is 7.01. The largest absolute Gasteiger partial charge is 0.412 e. The van der Waals surface area contributed by atoms with Crippen molar-refractivity contribution in [3.8, 4) is 0 Å². The minimum atomic E-state index is 0. The molecule has 1 aromatic carbocycles. The van der Waals surface area contributed by atoms with Gasteiger partial charge >= 0.3 is 0 Å². The molecule has 2 nitrogen and oxygen atoms in total. The molecule has 0 aliphatic heterocycles. The van der Waals surface area contributed by atoms with Crippen LogP contribution in [0.1, 0.15) is 141 Å². The number of unbranched alkanes of at least 4 members (excludes halogenated alkanes) is 15.